The monoisotopic (exact) mass is 200 g/mol. The van der Waals surface area contributed by atoms with Crippen LogP contribution in [0.25, 0.3) is 0 Å². The molecule has 0 amide bonds. The van der Waals surface area contributed by atoms with Crippen molar-refractivity contribution in [1.29, 1.82) is 0 Å². The normalized spacial score (nSPS) is 33.2. The molecule has 2 fully saturated rings. The second kappa shape index (κ2) is 3.79. The molecule has 0 spiro atoms. The number of nitrogens with zero attached hydrogens (tertiary/aromatic N) is 1. The van der Waals surface area contributed by atoms with Gasteiger partial charge in [0.1, 0.15) is 0 Å². The summed E-state index contributed by atoms with van der Waals surface area (Å²) < 4.78 is 0. The molecule has 1 saturated heterocycles. The van der Waals surface area contributed by atoms with E-state index in [0.29, 0.717) is 5.41 Å². The van der Waals surface area contributed by atoms with E-state index in [1.54, 1.807) is 0 Å². The third-order valence-electron chi connectivity index (χ3n) is 3.43. The van der Waals surface area contributed by atoms with Gasteiger partial charge in [0.2, 0.25) is 0 Å². The first-order valence-electron chi connectivity index (χ1n) is 5.28. The zero-order valence-corrected chi connectivity index (χ0v) is 9.28. The summed E-state index contributed by atoms with van der Waals surface area (Å²) in [5, 5.41) is 0. The fraction of sp³-hybridized carbons (Fsp3) is 1.00. The van der Waals surface area contributed by atoms with E-state index < -0.39 is 0 Å². The molecule has 1 aliphatic heterocycles. The van der Waals surface area contributed by atoms with Crippen molar-refractivity contribution in [3.63, 3.8) is 0 Å². The van der Waals surface area contributed by atoms with Crippen molar-refractivity contribution in [1.82, 2.24) is 4.90 Å². The smallest absolute Gasteiger partial charge is 0.0158 e. The van der Waals surface area contributed by atoms with Crippen LogP contribution in [0.1, 0.15) is 19.8 Å². The van der Waals surface area contributed by atoms with Crippen LogP contribution < -0.4 is 5.73 Å². The summed E-state index contributed by atoms with van der Waals surface area (Å²) in [5.74, 6) is 2.62. The fourth-order valence-electron chi connectivity index (χ4n) is 2.03. The third-order valence-corrected chi connectivity index (χ3v) is 4.62. The maximum Gasteiger partial charge on any atom is 0.0158 e. The van der Waals surface area contributed by atoms with Crippen molar-refractivity contribution in [2.45, 2.75) is 25.8 Å². The molecular formula is C10H20N2S. The quantitative estimate of drug-likeness (QED) is 0.741. The van der Waals surface area contributed by atoms with Crippen molar-refractivity contribution < 1.29 is 0 Å². The first-order chi connectivity index (χ1) is 6.26. The third kappa shape index (κ3) is 2.20. The lowest BCUT2D eigenvalue weighted by Gasteiger charge is -2.35. The van der Waals surface area contributed by atoms with Gasteiger partial charge in [-0.25, -0.2) is 0 Å². The lowest BCUT2D eigenvalue weighted by atomic mass is 10.1. The SMILES string of the molecule is CC1CSCCN1CC1(CN)CC1. The minimum atomic E-state index is 0.524. The van der Waals surface area contributed by atoms with Crippen LogP contribution in [0, 0.1) is 5.41 Å². The summed E-state index contributed by atoms with van der Waals surface area (Å²) >= 11 is 2.09. The lowest BCUT2D eigenvalue weighted by molar-refractivity contribution is 0.188. The van der Waals surface area contributed by atoms with Crippen molar-refractivity contribution >= 4 is 11.8 Å². The van der Waals surface area contributed by atoms with E-state index in [4.69, 9.17) is 5.73 Å². The average molecular weight is 200 g/mol. The van der Waals surface area contributed by atoms with Crippen LogP contribution in [-0.2, 0) is 0 Å². The van der Waals surface area contributed by atoms with Crippen LogP contribution in [0.3, 0.4) is 0 Å². The molecule has 2 aliphatic rings. The Hall–Kier alpha value is 0.270. The van der Waals surface area contributed by atoms with E-state index in [-0.39, 0.29) is 0 Å². The van der Waals surface area contributed by atoms with Gasteiger partial charge in [0.05, 0.1) is 0 Å². The van der Waals surface area contributed by atoms with Crippen molar-refractivity contribution in [2.24, 2.45) is 11.1 Å². The van der Waals surface area contributed by atoms with E-state index in [1.807, 2.05) is 0 Å². The Balaban J connectivity index is 1.85. The van der Waals surface area contributed by atoms with Crippen LogP contribution in [0.5, 0.6) is 0 Å². The second-order valence-corrected chi connectivity index (χ2v) is 5.75. The molecule has 76 valence electrons. The summed E-state index contributed by atoms with van der Waals surface area (Å²) in [6, 6.07) is 0.766. The molecule has 1 heterocycles. The predicted molar refractivity (Wildman–Crippen MR) is 59.1 cm³/mol. The molecule has 1 unspecified atom stereocenters. The molecule has 0 radical (unpaired) electrons. The summed E-state index contributed by atoms with van der Waals surface area (Å²) in [6.07, 6.45) is 2.72. The maximum absolute atomic E-state index is 5.80. The van der Waals surface area contributed by atoms with Gasteiger partial charge in [-0.2, -0.15) is 11.8 Å². The van der Waals surface area contributed by atoms with Gasteiger partial charge in [-0.1, -0.05) is 0 Å². The average Bonchev–Trinajstić information content (AvgIpc) is 2.90. The summed E-state index contributed by atoms with van der Waals surface area (Å²) in [6.45, 7) is 5.76. The molecule has 0 aromatic carbocycles. The zero-order valence-electron chi connectivity index (χ0n) is 8.46. The van der Waals surface area contributed by atoms with Crippen molar-refractivity contribution in [2.75, 3.05) is 31.1 Å². The largest absolute Gasteiger partial charge is 0.330 e. The Morgan fingerprint density at radius 2 is 2.31 bits per heavy atom. The molecule has 3 heteroatoms. The minimum absolute atomic E-state index is 0.524. The van der Waals surface area contributed by atoms with Gasteiger partial charge in [-0.15, -0.1) is 0 Å². The number of nitrogens with two attached hydrogens (primary N) is 1. The van der Waals surface area contributed by atoms with Gasteiger partial charge in [0, 0.05) is 30.6 Å². The highest BCUT2D eigenvalue weighted by Crippen LogP contribution is 2.45. The standard InChI is InChI=1S/C10H20N2S/c1-9-6-13-5-4-12(9)8-10(7-11)2-3-10/h9H,2-8,11H2,1H3. The minimum Gasteiger partial charge on any atom is -0.330 e. The first kappa shape index (κ1) is 9.81. The molecule has 2 N–H and O–H groups in total. The van der Waals surface area contributed by atoms with Crippen LogP contribution in [0.2, 0.25) is 0 Å². The maximum atomic E-state index is 5.80. The number of hydrogen-bond donors (Lipinski definition) is 1. The summed E-state index contributed by atoms with van der Waals surface area (Å²) in [7, 11) is 0. The summed E-state index contributed by atoms with van der Waals surface area (Å²) in [4.78, 5) is 2.64. The topological polar surface area (TPSA) is 29.3 Å². The van der Waals surface area contributed by atoms with Gasteiger partial charge in [-0.05, 0) is 31.7 Å². The molecule has 2 nitrogen and oxygen atoms in total. The molecular weight excluding hydrogens is 180 g/mol. The van der Waals surface area contributed by atoms with Crippen LogP contribution in [0.15, 0.2) is 0 Å². The highest BCUT2D eigenvalue weighted by molar-refractivity contribution is 7.99. The molecule has 1 saturated carbocycles. The van der Waals surface area contributed by atoms with Gasteiger partial charge in [0.25, 0.3) is 0 Å². The van der Waals surface area contributed by atoms with Gasteiger partial charge >= 0.3 is 0 Å². The van der Waals surface area contributed by atoms with E-state index in [1.165, 1.54) is 37.4 Å². The molecule has 1 atom stereocenters. The molecule has 0 aromatic rings. The lowest BCUT2D eigenvalue weighted by Crippen LogP contribution is -2.44. The first-order valence-corrected chi connectivity index (χ1v) is 6.43. The molecule has 2 rings (SSSR count). The van der Waals surface area contributed by atoms with E-state index in [9.17, 15) is 0 Å². The summed E-state index contributed by atoms with van der Waals surface area (Å²) in [5.41, 5.74) is 6.32. The van der Waals surface area contributed by atoms with Gasteiger partial charge in [0.15, 0.2) is 0 Å². The predicted octanol–water partition coefficient (Wildman–Crippen LogP) is 1.16. The second-order valence-electron chi connectivity index (χ2n) is 4.60. The highest BCUT2D eigenvalue weighted by atomic mass is 32.2. The van der Waals surface area contributed by atoms with Crippen LogP contribution in [0.4, 0.5) is 0 Å². The highest BCUT2D eigenvalue weighted by Gasteiger charge is 2.43. The van der Waals surface area contributed by atoms with Gasteiger partial charge < -0.3 is 5.73 Å². The molecule has 0 aromatic heterocycles. The molecule has 0 bridgehead atoms. The van der Waals surface area contributed by atoms with Crippen LogP contribution in [-0.4, -0.2) is 42.1 Å². The Kier molecular flexibility index (Phi) is 2.86. The Morgan fingerprint density at radius 3 is 2.85 bits per heavy atom. The Bertz CT molecular complexity index is 180. The van der Waals surface area contributed by atoms with Gasteiger partial charge in [-0.3, -0.25) is 4.90 Å². The van der Waals surface area contributed by atoms with Crippen molar-refractivity contribution in [3.05, 3.63) is 0 Å². The number of thioether (sulfide) groups is 1. The number of rotatable bonds is 3. The van der Waals surface area contributed by atoms with Crippen LogP contribution >= 0.6 is 11.8 Å². The number of hydrogen-bond acceptors (Lipinski definition) is 3. The van der Waals surface area contributed by atoms with E-state index in [2.05, 4.69) is 23.6 Å². The van der Waals surface area contributed by atoms with E-state index >= 15 is 0 Å². The Labute approximate surface area is 85.2 Å². The van der Waals surface area contributed by atoms with E-state index in [0.717, 1.165) is 12.6 Å². The van der Waals surface area contributed by atoms with Crippen molar-refractivity contribution in [3.8, 4) is 0 Å². The molecule has 13 heavy (non-hydrogen) atoms. The fourth-order valence-corrected chi connectivity index (χ4v) is 3.11. The molecule has 1 aliphatic carbocycles. The Morgan fingerprint density at radius 1 is 1.54 bits per heavy atom. The zero-order chi connectivity index (χ0) is 9.31.